The number of rotatable bonds is 49. The lowest BCUT2D eigenvalue weighted by Gasteiger charge is -2.18. The van der Waals surface area contributed by atoms with Gasteiger partial charge in [0, 0.05) is 19.3 Å². The van der Waals surface area contributed by atoms with Crippen molar-refractivity contribution in [2.24, 2.45) is 0 Å². The van der Waals surface area contributed by atoms with E-state index in [1.165, 1.54) is 141 Å². The van der Waals surface area contributed by atoms with E-state index in [0.29, 0.717) is 19.3 Å². The number of unbranched alkanes of at least 4 members (excludes halogenated alkanes) is 36. The molecular weight excluding hydrogens is 745 g/mol. The van der Waals surface area contributed by atoms with Gasteiger partial charge in [0.1, 0.15) is 13.1 Å². The maximum absolute atomic E-state index is 13.1. The molecule has 0 bridgehead atoms. The van der Waals surface area contributed by atoms with Crippen LogP contribution in [0.4, 0.5) is 0 Å². The van der Waals surface area contributed by atoms with Gasteiger partial charge in [0.15, 0.2) is 6.08 Å². The molecule has 0 radical (unpaired) electrons. The van der Waals surface area contributed by atoms with Crippen molar-refractivity contribution in [2.75, 3.05) is 13.1 Å². The van der Waals surface area contributed by atoms with E-state index in [4.69, 9.17) is 21.1 Å². The van der Waals surface area contributed by atoms with Gasteiger partial charge >= 0.3 is 17.9 Å². The average Bonchev–Trinajstić information content (AvgIpc) is 3.26. The molecule has 0 aromatic heterocycles. The fraction of sp³-hybridized carbons (Fsp3) is 0.907. The largest absolute Gasteiger partial charge is 0.462 e. The number of hydrogen-bond donors (Lipinski definition) is 0. The molecule has 0 unspecified atom stereocenters. The highest BCUT2D eigenvalue weighted by Gasteiger charge is 2.19. The molecule has 0 aliphatic carbocycles. The van der Waals surface area contributed by atoms with Crippen LogP contribution in [0.2, 0.25) is 0 Å². The van der Waals surface area contributed by atoms with Crippen LogP contribution in [-0.2, 0) is 28.6 Å². The molecule has 0 aromatic rings. The van der Waals surface area contributed by atoms with Gasteiger partial charge < -0.3 is 14.2 Å². The molecule has 0 spiro atoms. The van der Waals surface area contributed by atoms with Crippen LogP contribution in [0.15, 0.2) is 12.2 Å². The minimum atomic E-state index is -3.49. The van der Waals surface area contributed by atoms with E-state index in [2.05, 4.69) is 32.9 Å². The van der Waals surface area contributed by atoms with Gasteiger partial charge in [-0.05, 0) is 44.9 Å². The van der Waals surface area contributed by atoms with Gasteiger partial charge in [-0.25, -0.2) is 0 Å². The third-order valence-electron chi connectivity index (χ3n) is 11.6. The Kier molecular flexibility index (Phi) is 40.8. The zero-order chi connectivity index (χ0) is 48.2. The standard InChI is InChI=1S/C54H102O6/c1-4-7-10-13-16-19-22-25-28-31-34-37-40-43-46-52(55)58-49-51(60-54(57)48-45-42-39-36-33-30-27-24-21-18-15-12-9-6-3)50-59-53(56)47-44-41-38-35-32-29-26-23-20-17-14-11-8-5-2/h21,24,51H,4-20,22-23,25-50H2,1-3H3/b24-21-/i49D2,50D2,51D. The summed E-state index contributed by atoms with van der Waals surface area (Å²) in [4.78, 5) is 39.0. The van der Waals surface area contributed by atoms with E-state index >= 15 is 0 Å². The highest BCUT2D eigenvalue weighted by Crippen LogP contribution is 2.16. The van der Waals surface area contributed by atoms with Crippen molar-refractivity contribution in [3.05, 3.63) is 12.2 Å². The Bertz CT molecular complexity index is 1090. The first-order valence-electron chi connectivity index (χ1n) is 28.7. The lowest BCUT2D eigenvalue weighted by molar-refractivity contribution is -0.167. The number of esters is 3. The van der Waals surface area contributed by atoms with Crippen molar-refractivity contribution in [3.8, 4) is 0 Å². The minimum Gasteiger partial charge on any atom is -0.462 e. The maximum atomic E-state index is 13.1. The Labute approximate surface area is 380 Å². The summed E-state index contributed by atoms with van der Waals surface area (Å²) in [5.41, 5.74) is 0. The van der Waals surface area contributed by atoms with Crippen molar-refractivity contribution in [1.82, 2.24) is 0 Å². The predicted octanol–water partition coefficient (Wildman–Crippen LogP) is 17.4. The number of carbonyl (C=O) groups is 3. The van der Waals surface area contributed by atoms with Gasteiger partial charge in [-0.3, -0.25) is 14.4 Å². The van der Waals surface area contributed by atoms with Crippen LogP contribution < -0.4 is 0 Å². The van der Waals surface area contributed by atoms with Crippen LogP contribution in [0.5, 0.6) is 0 Å². The molecule has 354 valence electrons. The van der Waals surface area contributed by atoms with Crippen LogP contribution in [0.1, 0.15) is 304 Å². The molecule has 0 heterocycles. The van der Waals surface area contributed by atoms with E-state index in [-0.39, 0.29) is 19.3 Å². The van der Waals surface area contributed by atoms with Gasteiger partial charge in [0.05, 0.1) is 6.85 Å². The van der Waals surface area contributed by atoms with Gasteiger partial charge in [-0.15, -0.1) is 0 Å². The molecular formula is C54H102O6. The topological polar surface area (TPSA) is 78.9 Å². The molecule has 0 fully saturated rings. The summed E-state index contributed by atoms with van der Waals surface area (Å²) in [6.07, 6.45) is 45.1. The van der Waals surface area contributed by atoms with Crippen LogP contribution in [0.3, 0.4) is 0 Å². The van der Waals surface area contributed by atoms with Gasteiger partial charge in [0.25, 0.3) is 0 Å². The van der Waals surface area contributed by atoms with Crippen molar-refractivity contribution < 1.29 is 35.4 Å². The highest BCUT2D eigenvalue weighted by molar-refractivity contribution is 5.71. The van der Waals surface area contributed by atoms with Gasteiger partial charge in [0.2, 0.25) is 0 Å². The fourth-order valence-electron chi connectivity index (χ4n) is 7.63. The summed E-state index contributed by atoms with van der Waals surface area (Å²) < 4.78 is 58.8. The van der Waals surface area contributed by atoms with Crippen molar-refractivity contribution in [2.45, 2.75) is 303 Å². The Balaban J connectivity index is 4.99. The van der Waals surface area contributed by atoms with E-state index in [1.54, 1.807) is 0 Å². The summed E-state index contributed by atoms with van der Waals surface area (Å²) in [6.45, 7) is -0.197. The van der Waals surface area contributed by atoms with Crippen LogP contribution in [0, 0.1) is 0 Å². The first-order valence-corrected chi connectivity index (χ1v) is 26.2. The molecule has 60 heavy (non-hydrogen) atoms. The Morgan fingerprint density at radius 2 is 0.600 bits per heavy atom. The van der Waals surface area contributed by atoms with Crippen molar-refractivity contribution in [1.29, 1.82) is 0 Å². The number of hydrogen-bond acceptors (Lipinski definition) is 6. The lowest BCUT2D eigenvalue weighted by atomic mass is 10.0. The minimum absolute atomic E-state index is 0.126. The van der Waals surface area contributed by atoms with Crippen molar-refractivity contribution in [3.63, 3.8) is 0 Å². The molecule has 0 aliphatic rings. The summed E-state index contributed by atoms with van der Waals surface area (Å²) in [5, 5.41) is 0. The summed E-state index contributed by atoms with van der Waals surface area (Å²) in [7, 11) is 0. The first kappa shape index (κ1) is 49.2. The molecule has 0 N–H and O–H groups in total. The van der Waals surface area contributed by atoms with E-state index in [1.807, 2.05) is 0 Å². The number of ether oxygens (including phenoxy) is 3. The van der Waals surface area contributed by atoms with Crippen LogP contribution in [0.25, 0.3) is 0 Å². The van der Waals surface area contributed by atoms with E-state index in [9.17, 15) is 14.4 Å². The highest BCUT2D eigenvalue weighted by atomic mass is 16.6. The smallest absolute Gasteiger partial charge is 0.306 e. The fourth-order valence-corrected chi connectivity index (χ4v) is 7.63. The normalized spacial score (nSPS) is 13.4. The summed E-state index contributed by atoms with van der Waals surface area (Å²) >= 11 is 0. The Hall–Kier alpha value is -1.85. The molecule has 6 nitrogen and oxygen atoms in total. The SMILES string of the molecule is [2H]C([2H])(OC(=O)CCCCCCCCCCCCCCCC)C([2H])(OC(=O)CCCCCCCC/C=C\CCCCCC)C([2H])([2H])OC(=O)CCCCCCCCCCCCCCCC. The van der Waals surface area contributed by atoms with E-state index in [0.717, 1.165) is 96.3 Å². The molecule has 0 saturated heterocycles. The second-order valence-electron chi connectivity index (χ2n) is 17.6. The van der Waals surface area contributed by atoms with Gasteiger partial charge in [-0.1, -0.05) is 245 Å². The molecule has 6 heteroatoms. The monoisotopic (exact) mass is 852 g/mol. The van der Waals surface area contributed by atoms with E-state index < -0.39 is 37.1 Å². The van der Waals surface area contributed by atoms with Gasteiger partial charge in [-0.2, -0.15) is 0 Å². The zero-order valence-corrected chi connectivity index (χ0v) is 40.0. The predicted molar refractivity (Wildman–Crippen MR) is 256 cm³/mol. The quantitative estimate of drug-likeness (QED) is 0.0263. The second-order valence-corrected chi connectivity index (χ2v) is 17.6. The zero-order valence-electron chi connectivity index (χ0n) is 45.0. The molecule has 0 rings (SSSR count). The Morgan fingerprint density at radius 3 is 0.900 bits per heavy atom. The van der Waals surface area contributed by atoms with Crippen LogP contribution >= 0.6 is 0 Å². The summed E-state index contributed by atoms with van der Waals surface area (Å²) in [6, 6.07) is 0. The van der Waals surface area contributed by atoms with Crippen LogP contribution in [-0.4, -0.2) is 37.1 Å². The number of carbonyl (C=O) groups excluding carboxylic acids is 3. The molecule has 0 atom stereocenters. The molecule has 0 aromatic carbocycles. The third kappa shape index (κ3) is 47.2. The second kappa shape index (κ2) is 49.8. The molecule has 0 amide bonds. The molecule has 0 aliphatic heterocycles. The maximum Gasteiger partial charge on any atom is 0.306 e. The van der Waals surface area contributed by atoms with Crippen molar-refractivity contribution >= 4 is 17.9 Å². The summed E-state index contributed by atoms with van der Waals surface area (Å²) in [5.74, 6) is -2.94. The molecule has 0 saturated carbocycles. The Morgan fingerprint density at radius 1 is 0.367 bits per heavy atom. The third-order valence-corrected chi connectivity index (χ3v) is 11.6. The lowest BCUT2D eigenvalue weighted by Crippen LogP contribution is -2.30. The average molecular weight is 852 g/mol. The first-order chi connectivity index (χ1) is 31.4. The number of allylic oxidation sites excluding steroid dienone is 2.